The van der Waals surface area contributed by atoms with Crippen LogP contribution in [0, 0.1) is 0 Å². The summed E-state index contributed by atoms with van der Waals surface area (Å²) in [5.41, 5.74) is 1.28. The zero-order valence-electron chi connectivity index (χ0n) is 15.1. The molecule has 24 heavy (non-hydrogen) atoms. The molecule has 0 spiro atoms. The average Bonchev–Trinajstić information content (AvgIpc) is 3.08. The summed E-state index contributed by atoms with van der Waals surface area (Å²) in [4.78, 5) is 7.03. The highest BCUT2D eigenvalue weighted by atomic mass is 127. The molecular formula is C19H33IN4. The minimum Gasteiger partial charge on any atom is -0.375 e. The van der Waals surface area contributed by atoms with E-state index < -0.39 is 0 Å². The molecule has 2 N–H and O–H groups in total. The molecule has 1 aliphatic rings. The molecule has 5 heteroatoms. The van der Waals surface area contributed by atoms with Gasteiger partial charge in [0.1, 0.15) is 0 Å². The van der Waals surface area contributed by atoms with E-state index in [0.717, 1.165) is 38.4 Å². The van der Waals surface area contributed by atoms with Gasteiger partial charge in [0.05, 0.1) is 0 Å². The molecule has 2 rings (SSSR count). The predicted octanol–water partition coefficient (Wildman–Crippen LogP) is 4.02. The molecule has 0 aliphatic heterocycles. The molecule has 1 aromatic carbocycles. The molecule has 4 nitrogen and oxygen atoms in total. The zero-order chi connectivity index (χ0) is 16.3. The number of para-hydroxylation sites is 1. The summed E-state index contributed by atoms with van der Waals surface area (Å²) in [5, 5.41) is 6.93. The number of nitrogens with zero attached hydrogens (tertiary/aromatic N) is 2. The molecule has 0 radical (unpaired) electrons. The number of anilines is 1. The summed E-state index contributed by atoms with van der Waals surface area (Å²) in [7, 11) is 2.16. The SMILES string of the molecule is CCNC(=NCCCCN(C)c1ccccc1)NC1CCCC1.I. The maximum absolute atomic E-state index is 4.72. The first kappa shape index (κ1) is 21.1. The topological polar surface area (TPSA) is 39.7 Å². The van der Waals surface area contributed by atoms with Crippen LogP contribution < -0.4 is 15.5 Å². The third-order valence-electron chi connectivity index (χ3n) is 4.41. The zero-order valence-corrected chi connectivity index (χ0v) is 17.5. The minimum absolute atomic E-state index is 0. The molecular weight excluding hydrogens is 411 g/mol. The molecule has 0 bridgehead atoms. The van der Waals surface area contributed by atoms with Crippen LogP contribution in [0.3, 0.4) is 0 Å². The quantitative estimate of drug-likeness (QED) is 0.276. The van der Waals surface area contributed by atoms with Gasteiger partial charge in [0.15, 0.2) is 5.96 Å². The lowest BCUT2D eigenvalue weighted by atomic mass is 10.2. The van der Waals surface area contributed by atoms with E-state index in [0.29, 0.717) is 6.04 Å². The molecule has 0 unspecified atom stereocenters. The maximum Gasteiger partial charge on any atom is 0.191 e. The van der Waals surface area contributed by atoms with Gasteiger partial charge in [-0.3, -0.25) is 4.99 Å². The smallest absolute Gasteiger partial charge is 0.191 e. The number of benzene rings is 1. The van der Waals surface area contributed by atoms with Gasteiger partial charge in [-0.05, 0) is 44.7 Å². The van der Waals surface area contributed by atoms with Crippen molar-refractivity contribution >= 4 is 35.6 Å². The number of rotatable bonds is 8. The van der Waals surface area contributed by atoms with Gasteiger partial charge in [-0.15, -0.1) is 24.0 Å². The predicted molar refractivity (Wildman–Crippen MR) is 116 cm³/mol. The van der Waals surface area contributed by atoms with Crippen LogP contribution in [-0.2, 0) is 0 Å². The number of hydrogen-bond acceptors (Lipinski definition) is 2. The van der Waals surface area contributed by atoms with Gasteiger partial charge in [0.2, 0.25) is 0 Å². The summed E-state index contributed by atoms with van der Waals surface area (Å²) in [6.07, 6.45) is 7.56. The standard InChI is InChI=1S/C19H32N4.HI/c1-3-20-19(22-17-11-7-8-12-17)21-15-9-10-16-23(2)18-13-5-4-6-14-18;/h4-6,13-14,17H,3,7-12,15-16H2,1-2H3,(H2,20,21,22);1H. The van der Waals surface area contributed by atoms with Crippen molar-refractivity contribution in [2.75, 3.05) is 31.6 Å². The molecule has 1 aromatic rings. The van der Waals surface area contributed by atoms with Crippen molar-refractivity contribution in [2.45, 2.75) is 51.5 Å². The van der Waals surface area contributed by atoms with Crippen molar-refractivity contribution in [3.8, 4) is 0 Å². The first-order valence-corrected chi connectivity index (χ1v) is 9.10. The average molecular weight is 444 g/mol. The van der Waals surface area contributed by atoms with E-state index in [1.54, 1.807) is 0 Å². The molecule has 1 aliphatic carbocycles. The van der Waals surface area contributed by atoms with E-state index >= 15 is 0 Å². The number of nitrogens with one attached hydrogen (secondary N) is 2. The Morgan fingerprint density at radius 3 is 2.54 bits per heavy atom. The fourth-order valence-electron chi connectivity index (χ4n) is 3.05. The highest BCUT2D eigenvalue weighted by Crippen LogP contribution is 2.17. The summed E-state index contributed by atoms with van der Waals surface area (Å²) in [6, 6.07) is 11.2. The van der Waals surface area contributed by atoms with Gasteiger partial charge in [-0.25, -0.2) is 0 Å². The first-order valence-electron chi connectivity index (χ1n) is 9.10. The van der Waals surface area contributed by atoms with Crippen LogP contribution >= 0.6 is 24.0 Å². The van der Waals surface area contributed by atoms with Gasteiger partial charge in [0.25, 0.3) is 0 Å². The fourth-order valence-corrected chi connectivity index (χ4v) is 3.05. The van der Waals surface area contributed by atoms with E-state index in [4.69, 9.17) is 4.99 Å². The highest BCUT2D eigenvalue weighted by molar-refractivity contribution is 14.0. The van der Waals surface area contributed by atoms with Crippen molar-refractivity contribution in [2.24, 2.45) is 4.99 Å². The number of aliphatic imine (C=N–C) groups is 1. The lowest BCUT2D eigenvalue weighted by Gasteiger charge is -2.19. The van der Waals surface area contributed by atoms with E-state index in [1.165, 1.54) is 31.4 Å². The molecule has 0 saturated heterocycles. The van der Waals surface area contributed by atoms with Crippen molar-refractivity contribution in [3.05, 3.63) is 30.3 Å². The number of halogens is 1. The van der Waals surface area contributed by atoms with Crippen LogP contribution in [0.2, 0.25) is 0 Å². The summed E-state index contributed by atoms with van der Waals surface area (Å²) < 4.78 is 0. The first-order chi connectivity index (χ1) is 11.3. The normalized spacial score (nSPS) is 15.0. The number of guanidine groups is 1. The minimum atomic E-state index is 0. The van der Waals surface area contributed by atoms with Crippen molar-refractivity contribution in [3.63, 3.8) is 0 Å². The Kier molecular flexibility index (Phi) is 10.9. The monoisotopic (exact) mass is 444 g/mol. The molecule has 0 heterocycles. The second-order valence-electron chi connectivity index (χ2n) is 6.35. The second kappa shape index (κ2) is 12.4. The third-order valence-corrected chi connectivity index (χ3v) is 4.41. The van der Waals surface area contributed by atoms with Gasteiger partial charge in [-0.1, -0.05) is 31.0 Å². The van der Waals surface area contributed by atoms with Gasteiger partial charge >= 0.3 is 0 Å². The van der Waals surface area contributed by atoms with Crippen molar-refractivity contribution in [1.82, 2.24) is 10.6 Å². The van der Waals surface area contributed by atoms with Crippen LogP contribution in [0.25, 0.3) is 0 Å². The molecule has 1 fully saturated rings. The van der Waals surface area contributed by atoms with Gasteiger partial charge < -0.3 is 15.5 Å². The van der Waals surface area contributed by atoms with Crippen LogP contribution in [0.4, 0.5) is 5.69 Å². The van der Waals surface area contributed by atoms with Gasteiger partial charge in [-0.2, -0.15) is 0 Å². The largest absolute Gasteiger partial charge is 0.375 e. The Bertz CT molecular complexity index is 458. The van der Waals surface area contributed by atoms with Crippen LogP contribution in [0.15, 0.2) is 35.3 Å². The maximum atomic E-state index is 4.72. The number of unbranched alkanes of at least 4 members (excludes halogenated alkanes) is 1. The molecule has 0 aromatic heterocycles. The lowest BCUT2D eigenvalue weighted by Crippen LogP contribution is -2.42. The second-order valence-corrected chi connectivity index (χ2v) is 6.35. The summed E-state index contributed by atoms with van der Waals surface area (Å²) in [6.45, 7) is 5.02. The molecule has 136 valence electrons. The van der Waals surface area contributed by atoms with Crippen LogP contribution in [-0.4, -0.2) is 38.7 Å². The van der Waals surface area contributed by atoms with Crippen LogP contribution in [0.5, 0.6) is 0 Å². The Hall–Kier alpha value is -0.980. The highest BCUT2D eigenvalue weighted by Gasteiger charge is 2.15. The van der Waals surface area contributed by atoms with Crippen LogP contribution in [0.1, 0.15) is 45.4 Å². The lowest BCUT2D eigenvalue weighted by molar-refractivity contribution is 0.612. The fraction of sp³-hybridized carbons (Fsp3) is 0.632. The Morgan fingerprint density at radius 1 is 1.17 bits per heavy atom. The van der Waals surface area contributed by atoms with E-state index in [2.05, 4.69) is 59.8 Å². The van der Waals surface area contributed by atoms with E-state index in [9.17, 15) is 0 Å². The molecule has 0 atom stereocenters. The third kappa shape index (κ3) is 7.73. The Labute approximate surface area is 164 Å². The Morgan fingerprint density at radius 2 is 1.88 bits per heavy atom. The van der Waals surface area contributed by atoms with E-state index in [-0.39, 0.29) is 24.0 Å². The van der Waals surface area contributed by atoms with Gasteiger partial charge in [0, 0.05) is 38.4 Å². The summed E-state index contributed by atoms with van der Waals surface area (Å²) >= 11 is 0. The van der Waals surface area contributed by atoms with Crippen molar-refractivity contribution < 1.29 is 0 Å². The number of hydrogen-bond donors (Lipinski definition) is 2. The summed E-state index contributed by atoms with van der Waals surface area (Å²) in [5.74, 6) is 0.996. The Balaban J connectivity index is 0.00000288. The molecule has 0 amide bonds. The molecule has 1 saturated carbocycles. The van der Waals surface area contributed by atoms with Crippen molar-refractivity contribution in [1.29, 1.82) is 0 Å². The van der Waals surface area contributed by atoms with E-state index in [1.807, 2.05) is 0 Å².